The van der Waals surface area contributed by atoms with Crippen LogP contribution in [0.25, 0.3) is 21.9 Å². The third kappa shape index (κ3) is 8.29. The number of amides is 1. The van der Waals surface area contributed by atoms with Crippen LogP contribution in [0.2, 0.25) is 0 Å². The number of benzene rings is 1. The first-order chi connectivity index (χ1) is 17.9. The minimum Gasteiger partial charge on any atom is -0.494 e. The Morgan fingerprint density at radius 2 is 1.84 bits per heavy atom. The number of imidazole rings is 1. The summed E-state index contributed by atoms with van der Waals surface area (Å²) in [6.45, 7) is 9.28. The van der Waals surface area contributed by atoms with Gasteiger partial charge in [0.15, 0.2) is 5.82 Å². The van der Waals surface area contributed by atoms with E-state index in [0.717, 1.165) is 42.4 Å². The highest BCUT2D eigenvalue weighted by Crippen LogP contribution is 2.32. The summed E-state index contributed by atoms with van der Waals surface area (Å²) in [5, 5.41) is 3.90. The Labute approximate surface area is 225 Å². The largest absolute Gasteiger partial charge is 0.494 e. The SMILES string of the molecule is CCOCc1nc2c(N)nc3cc(OCCCCCCCS(C)(=O)=O)ccc3c2n1CC(C)(C)NC(C)=O. The lowest BCUT2D eigenvalue weighted by atomic mass is 10.1. The van der Waals surface area contributed by atoms with E-state index in [1.54, 1.807) is 0 Å². The molecule has 3 N–H and O–H groups in total. The molecule has 0 atom stereocenters. The Kier molecular flexibility index (Phi) is 9.94. The van der Waals surface area contributed by atoms with Crippen molar-refractivity contribution in [3.05, 3.63) is 24.0 Å². The molecule has 3 rings (SSSR count). The molecule has 0 aliphatic rings. The summed E-state index contributed by atoms with van der Waals surface area (Å²) in [4.78, 5) is 21.2. The summed E-state index contributed by atoms with van der Waals surface area (Å²) in [5.41, 5.74) is 7.99. The van der Waals surface area contributed by atoms with Gasteiger partial charge in [-0.1, -0.05) is 19.3 Å². The number of fused-ring (bicyclic) bond motifs is 3. The van der Waals surface area contributed by atoms with Crippen LogP contribution in [-0.2, 0) is 32.5 Å². The molecule has 0 saturated carbocycles. The fraction of sp³-hybridized carbons (Fsp3) is 0.593. The molecule has 0 bridgehead atoms. The van der Waals surface area contributed by atoms with Gasteiger partial charge < -0.3 is 25.1 Å². The molecule has 0 radical (unpaired) electrons. The van der Waals surface area contributed by atoms with Crippen molar-refractivity contribution < 1.29 is 22.7 Å². The number of nitrogens with two attached hydrogens (primary N) is 1. The topological polar surface area (TPSA) is 138 Å². The lowest BCUT2D eigenvalue weighted by molar-refractivity contribution is -0.120. The maximum absolute atomic E-state index is 11.8. The summed E-state index contributed by atoms with van der Waals surface area (Å²) in [6.07, 6.45) is 5.73. The summed E-state index contributed by atoms with van der Waals surface area (Å²) in [7, 11) is -2.88. The standard InChI is InChI=1S/C27H41N5O5S/c1-6-36-17-23-30-24-25(32(23)18-27(3,4)31-19(2)33)21-13-12-20(16-22(21)29-26(24)28)37-14-10-8-7-9-11-15-38(5,34)35/h12-13,16H,6-11,14-15,17-18H2,1-5H3,(H2,28,29)(H,31,33). The van der Waals surface area contributed by atoms with Gasteiger partial charge in [-0.2, -0.15) is 0 Å². The Balaban J connectivity index is 1.79. The zero-order valence-electron chi connectivity index (χ0n) is 23.2. The van der Waals surface area contributed by atoms with Crippen molar-refractivity contribution in [1.82, 2.24) is 19.9 Å². The number of nitrogens with one attached hydrogen (secondary N) is 1. The molecule has 0 fully saturated rings. The lowest BCUT2D eigenvalue weighted by Crippen LogP contribution is -2.45. The quantitative estimate of drug-likeness (QED) is 0.272. The number of hydrogen-bond acceptors (Lipinski definition) is 8. The number of sulfone groups is 1. The van der Waals surface area contributed by atoms with Gasteiger partial charge in [-0.25, -0.2) is 18.4 Å². The van der Waals surface area contributed by atoms with Crippen LogP contribution >= 0.6 is 0 Å². The highest BCUT2D eigenvalue weighted by Gasteiger charge is 2.25. The number of carbonyl (C=O) groups excluding carboxylic acids is 1. The van der Waals surface area contributed by atoms with Crippen LogP contribution in [0, 0.1) is 0 Å². The Hall–Kier alpha value is -2.92. The van der Waals surface area contributed by atoms with Crippen LogP contribution in [0.15, 0.2) is 18.2 Å². The number of anilines is 1. The van der Waals surface area contributed by atoms with Gasteiger partial charge in [0.2, 0.25) is 5.91 Å². The molecule has 0 spiro atoms. The van der Waals surface area contributed by atoms with E-state index in [2.05, 4.69) is 14.9 Å². The summed E-state index contributed by atoms with van der Waals surface area (Å²) in [5.74, 6) is 1.90. The molecule has 11 heteroatoms. The number of nitrogens with zero attached hydrogens (tertiary/aromatic N) is 3. The van der Waals surface area contributed by atoms with Crippen molar-refractivity contribution in [3.63, 3.8) is 0 Å². The highest BCUT2D eigenvalue weighted by molar-refractivity contribution is 7.90. The lowest BCUT2D eigenvalue weighted by Gasteiger charge is -2.27. The fourth-order valence-electron chi connectivity index (χ4n) is 4.60. The molecule has 0 aliphatic carbocycles. The number of rotatable bonds is 15. The van der Waals surface area contributed by atoms with E-state index in [9.17, 15) is 13.2 Å². The van der Waals surface area contributed by atoms with Gasteiger partial charge in [-0.3, -0.25) is 4.79 Å². The van der Waals surface area contributed by atoms with Crippen LogP contribution in [0.3, 0.4) is 0 Å². The molecule has 2 heterocycles. The number of ether oxygens (including phenoxy) is 2. The van der Waals surface area contributed by atoms with E-state index < -0.39 is 15.4 Å². The van der Waals surface area contributed by atoms with Gasteiger partial charge in [0, 0.05) is 43.5 Å². The smallest absolute Gasteiger partial charge is 0.217 e. The molecule has 3 aromatic rings. The maximum atomic E-state index is 11.8. The minimum atomic E-state index is -2.88. The van der Waals surface area contributed by atoms with E-state index in [-0.39, 0.29) is 11.7 Å². The molecule has 0 saturated heterocycles. The number of nitrogen functional groups attached to an aromatic ring is 1. The summed E-state index contributed by atoms with van der Waals surface area (Å²) in [6, 6.07) is 5.78. The van der Waals surface area contributed by atoms with Crippen molar-refractivity contribution in [1.29, 1.82) is 0 Å². The average Bonchev–Trinajstić information content (AvgIpc) is 3.16. The molecule has 1 amide bonds. The van der Waals surface area contributed by atoms with Crippen molar-refractivity contribution in [2.45, 2.75) is 78.5 Å². The van der Waals surface area contributed by atoms with E-state index >= 15 is 0 Å². The first-order valence-corrected chi connectivity index (χ1v) is 15.2. The molecular formula is C27H41N5O5S. The third-order valence-electron chi connectivity index (χ3n) is 6.19. The first kappa shape index (κ1) is 29.6. The average molecular weight is 548 g/mol. The number of pyridine rings is 1. The predicted octanol–water partition coefficient (Wildman–Crippen LogP) is 3.99. The van der Waals surface area contributed by atoms with Gasteiger partial charge in [-0.05, 0) is 45.7 Å². The van der Waals surface area contributed by atoms with Crippen molar-refractivity contribution in [2.24, 2.45) is 0 Å². The maximum Gasteiger partial charge on any atom is 0.217 e. The molecule has 0 aliphatic heterocycles. The first-order valence-electron chi connectivity index (χ1n) is 13.2. The molecule has 0 unspecified atom stereocenters. The second-order valence-corrected chi connectivity index (χ2v) is 12.7. The van der Waals surface area contributed by atoms with E-state index in [1.165, 1.54) is 13.2 Å². The zero-order valence-corrected chi connectivity index (χ0v) is 24.0. The van der Waals surface area contributed by atoms with Gasteiger partial charge in [-0.15, -0.1) is 0 Å². The van der Waals surface area contributed by atoms with Gasteiger partial charge in [0.05, 0.1) is 23.2 Å². The molecule has 1 aromatic carbocycles. The van der Waals surface area contributed by atoms with E-state index in [0.29, 0.717) is 55.4 Å². The van der Waals surface area contributed by atoms with Gasteiger partial charge >= 0.3 is 0 Å². The zero-order chi connectivity index (χ0) is 27.9. The monoisotopic (exact) mass is 547 g/mol. The van der Waals surface area contributed by atoms with Crippen molar-refractivity contribution in [3.8, 4) is 5.75 Å². The van der Waals surface area contributed by atoms with Crippen LogP contribution in [0.1, 0.15) is 65.6 Å². The van der Waals surface area contributed by atoms with Gasteiger partial charge in [0.1, 0.15) is 33.5 Å². The van der Waals surface area contributed by atoms with E-state index in [1.807, 2.05) is 39.0 Å². The Bertz CT molecular complexity index is 1370. The predicted molar refractivity (Wildman–Crippen MR) is 151 cm³/mol. The molecule has 38 heavy (non-hydrogen) atoms. The Morgan fingerprint density at radius 1 is 1.13 bits per heavy atom. The number of carbonyl (C=O) groups is 1. The second kappa shape index (κ2) is 12.8. The van der Waals surface area contributed by atoms with Crippen molar-refractivity contribution in [2.75, 3.05) is 31.0 Å². The van der Waals surface area contributed by atoms with Crippen molar-refractivity contribution >= 4 is 43.5 Å². The number of hydrogen-bond donors (Lipinski definition) is 2. The second-order valence-electron chi connectivity index (χ2n) is 10.4. The van der Waals surface area contributed by atoms with Crippen LogP contribution < -0.4 is 15.8 Å². The Morgan fingerprint density at radius 3 is 2.53 bits per heavy atom. The van der Waals surface area contributed by atoms with E-state index in [4.69, 9.17) is 20.2 Å². The number of unbranched alkanes of at least 4 members (excludes halogenated alkanes) is 4. The minimum absolute atomic E-state index is 0.104. The third-order valence-corrected chi connectivity index (χ3v) is 7.22. The molecule has 2 aromatic heterocycles. The normalized spacial score (nSPS) is 12.3. The van der Waals surface area contributed by atoms with Crippen LogP contribution in [0.4, 0.5) is 5.82 Å². The van der Waals surface area contributed by atoms with Gasteiger partial charge in [0.25, 0.3) is 0 Å². The number of aromatic nitrogens is 3. The summed E-state index contributed by atoms with van der Waals surface area (Å²) >= 11 is 0. The summed E-state index contributed by atoms with van der Waals surface area (Å²) < 4.78 is 36.1. The molecule has 10 nitrogen and oxygen atoms in total. The van der Waals surface area contributed by atoms with Crippen LogP contribution in [-0.4, -0.2) is 59.6 Å². The fourth-order valence-corrected chi connectivity index (χ4v) is 5.33. The molecule has 210 valence electrons. The highest BCUT2D eigenvalue weighted by atomic mass is 32.2. The van der Waals surface area contributed by atoms with Crippen LogP contribution in [0.5, 0.6) is 5.75 Å². The molecular weight excluding hydrogens is 506 g/mol.